The lowest BCUT2D eigenvalue weighted by Gasteiger charge is -2.12. The molecule has 0 saturated heterocycles. The van der Waals surface area contributed by atoms with Gasteiger partial charge in [0, 0.05) is 5.69 Å². The second-order valence-corrected chi connectivity index (χ2v) is 4.20. The maximum Gasteiger partial charge on any atom is 0.255 e. The normalized spacial score (nSPS) is 10.1. The SMILES string of the molecule is NC(=O)c1cc(N)ccc1Oc1cccc(F)c1C(N)=O. The number of hydrogen-bond donors (Lipinski definition) is 3. The third-order valence-electron chi connectivity index (χ3n) is 2.71. The maximum absolute atomic E-state index is 13.6. The van der Waals surface area contributed by atoms with Crippen molar-refractivity contribution in [1.82, 2.24) is 0 Å². The number of amides is 2. The number of anilines is 1. The minimum absolute atomic E-state index is 0.00896. The first-order valence-corrected chi connectivity index (χ1v) is 5.85. The molecule has 0 spiro atoms. The zero-order valence-electron chi connectivity index (χ0n) is 10.8. The predicted molar refractivity (Wildman–Crippen MR) is 74.4 cm³/mol. The molecule has 0 fully saturated rings. The fourth-order valence-corrected chi connectivity index (χ4v) is 1.78. The summed E-state index contributed by atoms with van der Waals surface area (Å²) in [4.78, 5) is 22.7. The topological polar surface area (TPSA) is 121 Å². The van der Waals surface area contributed by atoms with E-state index in [9.17, 15) is 14.0 Å². The minimum atomic E-state index is -0.987. The van der Waals surface area contributed by atoms with Crippen LogP contribution in [0, 0.1) is 5.82 Å². The van der Waals surface area contributed by atoms with E-state index in [2.05, 4.69) is 0 Å². The Bertz CT molecular complexity index is 731. The van der Waals surface area contributed by atoms with Gasteiger partial charge in [0.1, 0.15) is 22.9 Å². The second kappa shape index (κ2) is 5.49. The molecule has 0 saturated carbocycles. The highest BCUT2D eigenvalue weighted by Gasteiger charge is 2.18. The Morgan fingerprint density at radius 1 is 1.00 bits per heavy atom. The molecule has 2 aromatic rings. The van der Waals surface area contributed by atoms with Crippen LogP contribution < -0.4 is 21.9 Å². The third kappa shape index (κ3) is 2.92. The summed E-state index contributed by atoms with van der Waals surface area (Å²) < 4.78 is 19.0. The molecule has 0 aliphatic rings. The Morgan fingerprint density at radius 3 is 2.33 bits per heavy atom. The molecule has 2 rings (SSSR count). The molecule has 0 atom stereocenters. The van der Waals surface area contributed by atoms with Crippen LogP contribution in [-0.2, 0) is 0 Å². The van der Waals surface area contributed by atoms with Crippen molar-refractivity contribution < 1.29 is 18.7 Å². The molecule has 0 aliphatic heterocycles. The van der Waals surface area contributed by atoms with Crippen LogP contribution in [-0.4, -0.2) is 11.8 Å². The first kappa shape index (κ1) is 14.3. The van der Waals surface area contributed by atoms with Crippen molar-refractivity contribution in [3.05, 3.63) is 53.3 Å². The highest BCUT2D eigenvalue weighted by atomic mass is 19.1. The number of nitrogens with two attached hydrogens (primary N) is 3. The highest BCUT2D eigenvalue weighted by molar-refractivity contribution is 5.98. The van der Waals surface area contributed by atoms with Crippen molar-refractivity contribution in [3.8, 4) is 11.5 Å². The number of carbonyl (C=O) groups excluding carboxylic acids is 2. The number of primary amides is 2. The van der Waals surface area contributed by atoms with Gasteiger partial charge in [-0.15, -0.1) is 0 Å². The predicted octanol–water partition coefficient (Wildman–Crippen LogP) is 1.40. The zero-order chi connectivity index (χ0) is 15.6. The molecule has 0 unspecified atom stereocenters. The van der Waals surface area contributed by atoms with Gasteiger partial charge in [-0.3, -0.25) is 9.59 Å². The molecular weight excluding hydrogens is 277 g/mol. The van der Waals surface area contributed by atoms with Crippen molar-refractivity contribution in [2.45, 2.75) is 0 Å². The molecule has 0 aromatic heterocycles. The lowest BCUT2D eigenvalue weighted by Crippen LogP contribution is -2.16. The van der Waals surface area contributed by atoms with Gasteiger partial charge in [0.15, 0.2) is 0 Å². The van der Waals surface area contributed by atoms with Crippen LogP contribution in [0.5, 0.6) is 11.5 Å². The minimum Gasteiger partial charge on any atom is -0.456 e. The molecule has 0 aliphatic carbocycles. The van der Waals surface area contributed by atoms with E-state index in [1.165, 1.54) is 30.3 Å². The summed E-state index contributed by atoms with van der Waals surface area (Å²) in [6.45, 7) is 0. The summed E-state index contributed by atoms with van der Waals surface area (Å²) in [7, 11) is 0. The molecular formula is C14H12FN3O3. The van der Waals surface area contributed by atoms with Crippen molar-refractivity contribution >= 4 is 17.5 Å². The van der Waals surface area contributed by atoms with E-state index in [0.717, 1.165) is 6.07 Å². The van der Waals surface area contributed by atoms with E-state index in [4.69, 9.17) is 21.9 Å². The Balaban J connectivity index is 2.51. The third-order valence-corrected chi connectivity index (χ3v) is 2.71. The smallest absolute Gasteiger partial charge is 0.255 e. The molecule has 21 heavy (non-hydrogen) atoms. The fraction of sp³-hybridized carbons (Fsp3) is 0. The second-order valence-electron chi connectivity index (χ2n) is 4.20. The number of benzene rings is 2. The molecule has 2 amide bonds. The highest BCUT2D eigenvalue weighted by Crippen LogP contribution is 2.30. The van der Waals surface area contributed by atoms with Gasteiger partial charge in [-0.25, -0.2) is 4.39 Å². The molecule has 0 heterocycles. The van der Waals surface area contributed by atoms with E-state index >= 15 is 0 Å². The van der Waals surface area contributed by atoms with Crippen LogP contribution >= 0.6 is 0 Å². The monoisotopic (exact) mass is 289 g/mol. The molecule has 6 nitrogen and oxygen atoms in total. The van der Waals surface area contributed by atoms with E-state index in [0.29, 0.717) is 5.69 Å². The number of carbonyl (C=O) groups is 2. The number of ether oxygens (including phenoxy) is 1. The van der Waals surface area contributed by atoms with Crippen LogP contribution in [0.1, 0.15) is 20.7 Å². The maximum atomic E-state index is 13.6. The van der Waals surface area contributed by atoms with E-state index < -0.39 is 23.2 Å². The summed E-state index contributed by atoms with van der Waals surface area (Å²) in [6.07, 6.45) is 0. The Labute approximate surface area is 119 Å². The Kier molecular flexibility index (Phi) is 3.75. The van der Waals surface area contributed by atoms with E-state index in [1.54, 1.807) is 0 Å². The van der Waals surface area contributed by atoms with Gasteiger partial charge in [0.2, 0.25) is 0 Å². The Morgan fingerprint density at radius 2 is 1.71 bits per heavy atom. The number of nitrogen functional groups attached to an aromatic ring is 1. The summed E-state index contributed by atoms with van der Waals surface area (Å²) in [5.41, 5.74) is 15.8. The van der Waals surface area contributed by atoms with Gasteiger partial charge in [-0.1, -0.05) is 6.07 Å². The quantitative estimate of drug-likeness (QED) is 0.736. The first-order chi connectivity index (χ1) is 9.90. The lowest BCUT2D eigenvalue weighted by molar-refractivity contribution is 0.0990. The van der Waals surface area contributed by atoms with E-state index in [-0.39, 0.29) is 17.1 Å². The van der Waals surface area contributed by atoms with Crippen molar-refractivity contribution in [2.75, 3.05) is 5.73 Å². The van der Waals surface area contributed by atoms with Crippen molar-refractivity contribution in [2.24, 2.45) is 11.5 Å². The van der Waals surface area contributed by atoms with E-state index in [1.807, 2.05) is 0 Å². The molecule has 108 valence electrons. The van der Waals surface area contributed by atoms with Crippen LogP contribution in [0.2, 0.25) is 0 Å². The molecule has 7 heteroatoms. The molecule has 2 aromatic carbocycles. The van der Waals surface area contributed by atoms with Crippen LogP contribution in [0.15, 0.2) is 36.4 Å². The summed E-state index contributed by atoms with van der Waals surface area (Å²) in [5, 5.41) is 0. The lowest BCUT2D eigenvalue weighted by atomic mass is 10.1. The molecule has 0 bridgehead atoms. The van der Waals surface area contributed by atoms with Gasteiger partial charge in [0.05, 0.1) is 5.56 Å². The van der Waals surface area contributed by atoms with Crippen LogP contribution in [0.4, 0.5) is 10.1 Å². The number of rotatable bonds is 4. The summed E-state index contributed by atoms with van der Waals surface area (Å²) in [5.74, 6) is -2.65. The van der Waals surface area contributed by atoms with Crippen LogP contribution in [0.25, 0.3) is 0 Å². The van der Waals surface area contributed by atoms with Gasteiger partial charge in [0.25, 0.3) is 11.8 Å². The average molecular weight is 289 g/mol. The molecule has 6 N–H and O–H groups in total. The summed E-state index contributed by atoms with van der Waals surface area (Å²) in [6, 6.07) is 7.96. The van der Waals surface area contributed by atoms with Gasteiger partial charge in [-0.05, 0) is 30.3 Å². The van der Waals surface area contributed by atoms with Gasteiger partial charge >= 0.3 is 0 Å². The molecule has 0 radical (unpaired) electrons. The van der Waals surface area contributed by atoms with Gasteiger partial charge < -0.3 is 21.9 Å². The first-order valence-electron chi connectivity index (χ1n) is 5.85. The van der Waals surface area contributed by atoms with Crippen molar-refractivity contribution in [1.29, 1.82) is 0 Å². The fourth-order valence-electron chi connectivity index (χ4n) is 1.78. The standard InChI is InChI=1S/C14H12FN3O3/c15-9-2-1-3-11(12(9)14(18)20)21-10-5-4-7(16)6-8(10)13(17)19/h1-6H,16H2,(H2,17,19)(H2,18,20). The largest absolute Gasteiger partial charge is 0.456 e. The number of hydrogen-bond acceptors (Lipinski definition) is 4. The Hall–Kier alpha value is -3.09. The van der Waals surface area contributed by atoms with Crippen molar-refractivity contribution in [3.63, 3.8) is 0 Å². The average Bonchev–Trinajstić information content (AvgIpc) is 2.40. The summed E-state index contributed by atoms with van der Waals surface area (Å²) >= 11 is 0. The number of halogens is 1. The van der Waals surface area contributed by atoms with Gasteiger partial charge in [-0.2, -0.15) is 0 Å². The zero-order valence-corrected chi connectivity index (χ0v) is 10.8. The van der Waals surface area contributed by atoms with Crippen LogP contribution in [0.3, 0.4) is 0 Å².